The van der Waals surface area contributed by atoms with Crippen LogP contribution in [0.3, 0.4) is 0 Å². The molecule has 0 saturated carbocycles. The standard InChI is InChI=1S/C17H17N3O4S/c1-20(2)25(21,22)15-6-4-5-13(11-15)17-19-18-16(24-17)12-7-9-14(23-3)10-8-12/h4-11H,1-3H3. The van der Waals surface area contributed by atoms with Crippen molar-refractivity contribution in [3.05, 3.63) is 48.5 Å². The number of aromatic nitrogens is 2. The van der Waals surface area contributed by atoms with Crippen molar-refractivity contribution in [1.82, 2.24) is 14.5 Å². The van der Waals surface area contributed by atoms with Crippen LogP contribution in [0.4, 0.5) is 0 Å². The van der Waals surface area contributed by atoms with Crippen LogP contribution in [-0.4, -0.2) is 44.1 Å². The summed E-state index contributed by atoms with van der Waals surface area (Å²) >= 11 is 0. The molecule has 0 radical (unpaired) electrons. The maximum Gasteiger partial charge on any atom is 0.248 e. The Balaban J connectivity index is 1.95. The van der Waals surface area contributed by atoms with E-state index in [1.54, 1.807) is 31.4 Å². The molecule has 0 saturated heterocycles. The lowest BCUT2D eigenvalue weighted by Crippen LogP contribution is -2.22. The molecule has 7 nitrogen and oxygen atoms in total. The number of nitrogens with zero attached hydrogens (tertiary/aromatic N) is 3. The lowest BCUT2D eigenvalue weighted by molar-refractivity contribution is 0.415. The summed E-state index contributed by atoms with van der Waals surface area (Å²) in [6.45, 7) is 0. The highest BCUT2D eigenvalue weighted by molar-refractivity contribution is 7.89. The molecule has 130 valence electrons. The van der Waals surface area contributed by atoms with E-state index in [-0.39, 0.29) is 10.8 Å². The molecule has 0 atom stereocenters. The van der Waals surface area contributed by atoms with Crippen LogP contribution in [0, 0.1) is 0 Å². The molecule has 3 aromatic rings. The topological polar surface area (TPSA) is 85.5 Å². The molecular formula is C17H17N3O4S. The average molecular weight is 359 g/mol. The molecule has 0 aliphatic carbocycles. The molecule has 0 aliphatic rings. The van der Waals surface area contributed by atoms with Crippen LogP contribution < -0.4 is 4.74 Å². The second-order valence-corrected chi connectivity index (χ2v) is 7.61. The van der Waals surface area contributed by atoms with E-state index in [1.165, 1.54) is 26.2 Å². The summed E-state index contributed by atoms with van der Waals surface area (Å²) in [4.78, 5) is 0.166. The second kappa shape index (κ2) is 6.66. The third-order valence-corrected chi connectivity index (χ3v) is 5.43. The SMILES string of the molecule is COc1ccc(-c2nnc(-c3cccc(S(=O)(=O)N(C)C)c3)o2)cc1. The molecule has 0 fully saturated rings. The highest BCUT2D eigenvalue weighted by atomic mass is 32.2. The fourth-order valence-corrected chi connectivity index (χ4v) is 3.14. The minimum absolute atomic E-state index is 0.166. The van der Waals surface area contributed by atoms with Gasteiger partial charge < -0.3 is 9.15 Å². The zero-order valence-corrected chi connectivity index (χ0v) is 14.8. The van der Waals surface area contributed by atoms with Gasteiger partial charge in [-0.1, -0.05) is 6.07 Å². The van der Waals surface area contributed by atoms with Gasteiger partial charge >= 0.3 is 0 Å². The van der Waals surface area contributed by atoms with Crippen molar-refractivity contribution in [2.75, 3.05) is 21.2 Å². The maximum absolute atomic E-state index is 12.2. The van der Waals surface area contributed by atoms with E-state index in [9.17, 15) is 8.42 Å². The molecule has 1 aromatic heterocycles. The van der Waals surface area contributed by atoms with E-state index >= 15 is 0 Å². The normalized spacial score (nSPS) is 11.7. The van der Waals surface area contributed by atoms with Gasteiger partial charge in [-0.15, -0.1) is 10.2 Å². The Morgan fingerprint density at radius 2 is 1.60 bits per heavy atom. The number of sulfonamides is 1. The molecule has 0 bridgehead atoms. The summed E-state index contributed by atoms with van der Waals surface area (Å²) < 4.78 is 36.5. The lowest BCUT2D eigenvalue weighted by atomic mass is 10.2. The van der Waals surface area contributed by atoms with Gasteiger partial charge in [-0.3, -0.25) is 0 Å². The molecule has 3 rings (SSSR count). The Hall–Kier alpha value is -2.71. The summed E-state index contributed by atoms with van der Waals surface area (Å²) in [5.41, 5.74) is 1.28. The Morgan fingerprint density at radius 1 is 0.960 bits per heavy atom. The van der Waals surface area contributed by atoms with Crippen LogP contribution in [0.5, 0.6) is 5.75 Å². The zero-order chi connectivity index (χ0) is 18.0. The Bertz CT molecular complexity index is 979. The van der Waals surface area contributed by atoms with E-state index in [2.05, 4.69) is 10.2 Å². The number of rotatable bonds is 5. The maximum atomic E-state index is 12.2. The van der Waals surface area contributed by atoms with Gasteiger partial charge in [-0.25, -0.2) is 12.7 Å². The van der Waals surface area contributed by atoms with Gasteiger partial charge in [0.2, 0.25) is 21.8 Å². The van der Waals surface area contributed by atoms with Crippen molar-refractivity contribution in [3.63, 3.8) is 0 Å². The second-order valence-electron chi connectivity index (χ2n) is 5.46. The van der Waals surface area contributed by atoms with Crippen LogP contribution >= 0.6 is 0 Å². The number of methoxy groups -OCH3 is 1. The molecule has 1 heterocycles. The van der Waals surface area contributed by atoms with Crippen molar-refractivity contribution in [2.45, 2.75) is 4.90 Å². The van der Waals surface area contributed by atoms with Crippen molar-refractivity contribution in [1.29, 1.82) is 0 Å². The van der Waals surface area contributed by atoms with Gasteiger partial charge in [0.05, 0.1) is 12.0 Å². The molecule has 0 amide bonds. The van der Waals surface area contributed by atoms with E-state index in [4.69, 9.17) is 9.15 Å². The van der Waals surface area contributed by atoms with Crippen molar-refractivity contribution >= 4 is 10.0 Å². The van der Waals surface area contributed by atoms with E-state index < -0.39 is 10.0 Å². The molecule has 25 heavy (non-hydrogen) atoms. The number of hydrogen-bond donors (Lipinski definition) is 0. The first-order valence-electron chi connectivity index (χ1n) is 7.43. The largest absolute Gasteiger partial charge is 0.497 e. The van der Waals surface area contributed by atoms with Crippen molar-refractivity contribution in [2.24, 2.45) is 0 Å². The van der Waals surface area contributed by atoms with E-state index in [1.807, 2.05) is 12.1 Å². The summed E-state index contributed by atoms with van der Waals surface area (Å²) in [5, 5.41) is 8.05. The van der Waals surface area contributed by atoms with Crippen molar-refractivity contribution < 1.29 is 17.6 Å². The van der Waals surface area contributed by atoms with Gasteiger partial charge in [-0.2, -0.15) is 0 Å². The fraction of sp³-hybridized carbons (Fsp3) is 0.176. The Morgan fingerprint density at radius 3 is 2.20 bits per heavy atom. The summed E-state index contributed by atoms with van der Waals surface area (Å²) in [6.07, 6.45) is 0. The Kier molecular flexibility index (Phi) is 4.56. The number of benzene rings is 2. The minimum atomic E-state index is -3.53. The summed E-state index contributed by atoms with van der Waals surface area (Å²) in [6, 6.07) is 13.6. The number of hydrogen-bond acceptors (Lipinski definition) is 6. The fourth-order valence-electron chi connectivity index (χ4n) is 2.19. The molecule has 0 aliphatic heterocycles. The van der Waals surface area contributed by atoms with Gasteiger partial charge in [0, 0.05) is 25.2 Å². The van der Waals surface area contributed by atoms with Crippen molar-refractivity contribution in [3.8, 4) is 28.7 Å². The predicted molar refractivity (Wildman–Crippen MR) is 92.6 cm³/mol. The Labute approximate surface area is 145 Å². The van der Waals surface area contributed by atoms with E-state index in [0.29, 0.717) is 11.5 Å². The quantitative estimate of drug-likeness (QED) is 0.696. The van der Waals surface area contributed by atoms with Crippen LogP contribution in [-0.2, 0) is 10.0 Å². The van der Waals surface area contributed by atoms with Crippen LogP contribution in [0.2, 0.25) is 0 Å². The first-order chi connectivity index (χ1) is 11.9. The average Bonchev–Trinajstić information content (AvgIpc) is 3.12. The zero-order valence-electron chi connectivity index (χ0n) is 14.0. The highest BCUT2D eigenvalue weighted by Crippen LogP contribution is 2.27. The predicted octanol–water partition coefficient (Wildman–Crippen LogP) is 2.66. The van der Waals surface area contributed by atoms with E-state index in [0.717, 1.165) is 15.6 Å². The minimum Gasteiger partial charge on any atom is -0.497 e. The van der Waals surface area contributed by atoms with Gasteiger partial charge in [0.25, 0.3) is 0 Å². The highest BCUT2D eigenvalue weighted by Gasteiger charge is 2.19. The molecule has 0 N–H and O–H groups in total. The van der Waals surface area contributed by atoms with Crippen LogP contribution in [0.1, 0.15) is 0 Å². The molecule has 0 unspecified atom stereocenters. The monoisotopic (exact) mass is 359 g/mol. The van der Waals surface area contributed by atoms with Crippen LogP contribution in [0.25, 0.3) is 22.9 Å². The smallest absolute Gasteiger partial charge is 0.248 e. The molecular weight excluding hydrogens is 342 g/mol. The van der Waals surface area contributed by atoms with Crippen LogP contribution in [0.15, 0.2) is 57.8 Å². The van der Waals surface area contributed by atoms with Gasteiger partial charge in [0.1, 0.15) is 5.75 Å². The van der Waals surface area contributed by atoms with Gasteiger partial charge in [-0.05, 0) is 42.5 Å². The molecule has 8 heteroatoms. The summed E-state index contributed by atoms with van der Waals surface area (Å²) in [7, 11) is 1.03. The third kappa shape index (κ3) is 3.40. The van der Waals surface area contributed by atoms with Gasteiger partial charge in [0.15, 0.2) is 0 Å². The molecule has 2 aromatic carbocycles. The lowest BCUT2D eigenvalue weighted by Gasteiger charge is -2.11. The number of ether oxygens (including phenoxy) is 1. The first kappa shape index (κ1) is 17.1. The molecule has 0 spiro atoms. The third-order valence-electron chi connectivity index (χ3n) is 3.62. The first-order valence-corrected chi connectivity index (χ1v) is 8.87. The summed E-state index contributed by atoms with van der Waals surface area (Å²) in [5.74, 6) is 1.32.